The van der Waals surface area contributed by atoms with Gasteiger partial charge in [-0.25, -0.2) is 4.98 Å². The number of benzene rings is 1. The van der Waals surface area contributed by atoms with E-state index in [-0.39, 0.29) is 0 Å². The Morgan fingerprint density at radius 3 is 2.42 bits per heavy atom. The molecule has 19 heavy (non-hydrogen) atoms. The van der Waals surface area contributed by atoms with E-state index in [1.54, 1.807) is 0 Å². The fourth-order valence-electron chi connectivity index (χ4n) is 2.21. The highest BCUT2D eigenvalue weighted by atomic mass is 79.9. The van der Waals surface area contributed by atoms with Gasteiger partial charge in [0.25, 0.3) is 0 Å². The molecule has 2 heterocycles. The second kappa shape index (κ2) is 4.38. The lowest BCUT2D eigenvalue weighted by Gasteiger charge is -2.04. The summed E-state index contributed by atoms with van der Waals surface area (Å²) in [6, 6.07) is 12.2. The van der Waals surface area contributed by atoms with Gasteiger partial charge in [-0.1, -0.05) is 29.8 Å². The number of nitrogens with two attached hydrogens (primary N) is 1. The van der Waals surface area contributed by atoms with Gasteiger partial charge in [0.2, 0.25) is 0 Å². The fourth-order valence-corrected chi connectivity index (χ4v) is 2.52. The van der Waals surface area contributed by atoms with Gasteiger partial charge in [0.05, 0.1) is 0 Å². The third-order valence-electron chi connectivity index (χ3n) is 3.32. The molecule has 96 valence electrons. The van der Waals surface area contributed by atoms with Crippen molar-refractivity contribution in [3.63, 3.8) is 0 Å². The first kappa shape index (κ1) is 12.2. The molecule has 0 spiro atoms. The van der Waals surface area contributed by atoms with Gasteiger partial charge < -0.3 is 5.73 Å². The Kier molecular flexibility index (Phi) is 2.82. The second-order valence-electron chi connectivity index (χ2n) is 4.67. The summed E-state index contributed by atoms with van der Waals surface area (Å²) in [6.07, 6.45) is 0. The second-order valence-corrected chi connectivity index (χ2v) is 5.53. The Morgan fingerprint density at radius 1 is 1.05 bits per heavy atom. The molecule has 0 bridgehead atoms. The lowest BCUT2D eigenvalue weighted by molar-refractivity contribution is 1.09. The van der Waals surface area contributed by atoms with Crippen LogP contribution in [0.25, 0.3) is 16.9 Å². The first-order valence-corrected chi connectivity index (χ1v) is 6.87. The standard InChI is InChI=1S/C15H14BrN3/c1-9-3-5-11(6-4-9)14-15(17)19-10(2)12(16)7-8-13(19)18-14/h3-8H,17H2,1-2H3. The number of nitrogen functional groups attached to an aromatic ring is 1. The van der Waals surface area contributed by atoms with Crippen molar-refractivity contribution in [2.24, 2.45) is 0 Å². The zero-order valence-corrected chi connectivity index (χ0v) is 12.4. The van der Waals surface area contributed by atoms with Crippen LogP contribution < -0.4 is 5.73 Å². The molecule has 3 aromatic rings. The van der Waals surface area contributed by atoms with Crippen LogP contribution >= 0.6 is 15.9 Å². The zero-order valence-electron chi connectivity index (χ0n) is 10.8. The van der Waals surface area contributed by atoms with Crippen LogP contribution in [0.3, 0.4) is 0 Å². The molecule has 3 nitrogen and oxygen atoms in total. The van der Waals surface area contributed by atoms with Crippen molar-refractivity contribution in [2.75, 3.05) is 5.73 Å². The van der Waals surface area contributed by atoms with Crippen LogP contribution in [0.1, 0.15) is 11.3 Å². The summed E-state index contributed by atoms with van der Waals surface area (Å²) in [7, 11) is 0. The van der Waals surface area contributed by atoms with E-state index in [1.807, 2.05) is 23.5 Å². The normalized spacial score (nSPS) is 11.1. The van der Waals surface area contributed by atoms with Crippen LogP contribution in [0.15, 0.2) is 40.9 Å². The number of fused-ring (bicyclic) bond motifs is 1. The average Bonchev–Trinajstić information content (AvgIpc) is 2.73. The van der Waals surface area contributed by atoms with Crippen molar-refractivity contribution in [2.45, 2.75) is 13.8 Å². The van der Waals surface area contributed by atoms with Crippen LogP contribution in [0.5, 0.6) is 0 Å². The van der Waals surface area contributed by atoms with Gasteiger partial charge in [0, 0.05) is 15.7 Å². The highest BCUT2D eigenvalue weighted by Crippen LogP contribution is 2.29. The predicted molar refractivity (Wildman–Crippen MR) is 82.2 cm³/mol. The molecule has 0 aliphatic rings. The van der Waals surface area contributed by atoms with Gasteiger partial charge >= 0.3 is 0 Å². The maximum atomic E-state index is 6.26. The van der Waals surface area contributed by atoms with E-state index < -0.39 is 0 Å². The van der Waals surface area contributed by atoms with E-state index in [1.165, 1.54) is 5.56 Å². The number of imidazole rings is 1. The van der Waals surface area contributed by atoms with Crippen LogP contribution in [0, 0.1) is 13.8 Å². The third-order valence-corrected chi connectivity index (χ3v) is 4.16. The molecule has 0 aliphatic heterocycles. The molecule has 1 aromatic carbocycles. The van der Waals surface area contributed by atoms with E-state index in [9.17, 15) is 0 Å². The lowest BCUT2D eigenvalue weighted by atomic mass is 10.1. The molecule has 0 fully saturated rings. The number of anilines is 1. The number of pyridine rings is 1. The van der Waals surface area contributed by atoms with Gasteiger partial charge in [-0.05, 0) is 41.9 Å². The minimum Gasteiger partial charge on any atom is -0.383 e. The minimum atomic E-state index is 0.678. The number of aryl methyl sites for hydroxylation is 2. The van der Waals surface area contributed by atoms with E-state index in [2.05, 4.69) is 52.1 Å². The third kappa shape index (κ3) is 1.92. The summed E-state index contributed by atoms with van der Waals surface area (Å²) in [4.78, 5) is 4.63. The number of hydrogen-bond acceptors (Lipinski definition) is 2. The Morgan fingerprint density at radius 2 is 1.74 bits per heavy atom. The van der Waals surface area contributed by atoms with Crippen molar-refractivity contribution in [1.82, 2.24) is 9.38 Å². The van der Waals surface area contributed by atoms with Crippen molar-refractivity contribution < 1.29 is 0 Å². The first-order chi connectivity index (χ1) is 9.08. The largest absolute Gasteiger partial charge is 0.383 e. The maximum Gasteiger partial charge on any atom is 0.139 e. The zero-order chi connectivity index (χ0) is 13.6. The maximum absolute atomic E-state index is 6.26. The smallest absolute Gasteiger partial charge is 0.139 e. The molecule has 0 aliphatic carbocycles. The molecular formula is C15H14BrN3. The monoisotopic (exact) mass is 315 g/mol. The molecule has 0 saturated carbocycles. The van der Waals surface area contributed by atoms with Crippen molar-refractivity contribution in [3.8, 4) is 11.3 Å². The number of hydrogen-bond donors (Lipinski definition) is 1. The average molecular weight is 316 g/mol. The van der Waals surface area contributed by atoms with Gasteiger partial charge in [-0.2, -0.15) is 0 Å². The molecule has 3 rings (SSSR count). The van der Waals surface area contributed by atoms with Gasteiger partial charge in [-0.3, -0.25) is 4.40 Å². The highest BCUT2D eigenvalue weighted by Gasteiger charge is 2.13. The quantitative estimate of drug-likeness (QED) is 0.738. The van der Waals surface area contributed by atoms with Crippen molar-refractivity contribution in [1.29, 1.82) is 0 Å². The summed E-state index contributed by atoms with van der Waals surface area (Å²) in [5.41, 5.74) is 11.3. The van der Waals surface area contributed by atoms with Gasteiger partial charge in [0.1, 0.15) is 17.2 Å². The molecule has 0 unspecified atom stereocenters. The minimum absolute atomic E-state index is 0.678. The molecule has 4 heteroatoms. The summed E-state index contributed by atoms with van der Waals surface area (Å²) >= 11 is 3.52. The summed E-state index contributed by atoms with van der Waals surface area (Å²) in [5, 5.41) is 0. The molecule has 0 atom stereocenters. The topological polar surface area (TPSA) is 43.3 Å². The number of nitrogens with zero attached hydrogens (tertiary/aromatic N) is 2. The lowest BCUT2D eigenvalue weighted by Crippen LogP contribution is -1.98. The summed E-state index contributed by atoms with van der Waals surface area (Å²) in [6.45, 7) is 4.09. The van der Waals surface area contributed by atoms with Crippen molar-refractivity contribution >= 4 is 27.4 Å². The van der Waals surface area contributed by atoms with Crippen LogP contribution in [0.4, 0.5) is 5.82 Å². The first-order valence-electron chi connectivity index (χ1n) is 6.08. The highest BCUT2D eigenvalue weighted by molar-refractivity contribution is 9.10. The van der Waals surface area contributed by atoms with E-state index in [0.717, 1.165) is 27.1 Å². The van der Waals surface area contributed by atoms with Crippen LogP contribution in [-0.2, 0) is 0 Å². The van der Waals surface area contributed by atoms with Crippen LogP contribution in [0.2, 0.25) is 0 Å². The van der Waals surface area contributed by atoms with Gasteiger partial charge in [0.15, 0.2) is 0 Å². The van der Waals surface area contributed by atoms with E-state index >= 15 is 0 Å². The Balaban J connectivity index is 2.28. The number of rotatable bonds is 1. The number of aromatic nitrogens is 2. The molecule has 0 saturated heterocycles. The van der Waals surface area contributed by atoms with E-state index in [4.69, 9.17) is 5.73 Å². The Bertz CT molecular complexity index is 757. The Labute approximate surface area is 120 Å². The van der Waals surface area contributed by atoms with Crippen molar-refractivity contribution in [3.05, 3.63) is 52.1 Å². The predicted octanol–water partition coefficient (Wildman–Crippen LogP) is 3.96. The molecule has 2 N–H and O–H groups in total. The SMILES string of the molecule is Cc1ccc(-c2nc3ccc(Br)c(C)n3c2N)cc1. The summed E-state index contributed by atoms with van der Waals surface area (Å²) < 4.78 is 3.00. The molecule has 2 aromatic heterocycles. The molecule has 0 amide bonds. The number of halogens is 1. The van der Waals surface area contributed by atoms with Gasteiger partial charge in [-0.15, -0.1) is 0 Å². The van der Waals surface area contributed by atoms with E-state index in [0.29, 0.717) is 5.82 Å². The Hall–Kier alpha value is -1.81. The molecule has 0 radical (unpaired) electrons. The summed E-state index contributed by atoms with van der Waals surface area (Å²) in [5.74, 6) is 0.678. The fraction of sp³-hybridized carbons (Fsp3) is 0.133. The molecular weight excluding hydrogens is 302 g/mol. The van der Waals surface area contributed by atoms with Crippen LogP contribution in [-0.4, -0.2) is 9.38 Å².